The zero-order valence-corrected chi connectivity index (χ0v) is 9.80. The molecular formula is C13H12F2O2. The molecule has 1 aromatic carbocycles. The van der Waals surface area contributed by atoms with Gasteiger partial charge in [-0.25, -0.2) is 8.78 Å². The van der Waals surface area contributed by atoms with Crippen LogP contribution in [0.4, 0.5) is 8.78 Å². The highest BCUT2D eigenvalue weighted by Crippen LogP contribution is 2.28. The fourth-order valence-corrected chi connectivity index (χ4v) is 1.55. The van der Waals surface area contributed by atoms with E-state index in [9.17, 15) is 13.6 Å². The van der Waals surface area contributed by atoms with E-state index < -0.39 is 17.0 Å². The molecule has 0 N–H and O–H groups in total. The highest BCUT2D eigenvalue weighted by atomic mass is 19.1. The van der Waals surface area contributed by atoms with Gasteiger partial charge in [0.1, 0.15) is 17.2 Å². The van der Waals surface area contributed by atoms with E-state index in [1.54, 1.807) is 20.8 Å². The fourth-order valence-electron chi connectivity index (χ4n) is 1.55. The second-order valence-electron chi connectivity index (χ2n) is 4.99. The third-order valence-electron chi connectivity index (χ3n) is 2.46. The van der Waals surface area contributed by atoms with Crippen molar-refractivity contribution >= 4 is 16.8 Å². The number of hydrogen-bond donors (Lipinski definition) is 0. The largest absolute Gasteiger partial charge is 0.453 e. The molecule has 0 radical (unpaired) electrons. The lowest BCUT2D eigenvalue weighted by molar-refractivity contribution is 0.0831. The van der Waals surface area contributed by atoms with Gasteiger partial charge in [-0.15, -0.1) is 0 Å². The van der Waals surface area contributed by atoms with Crippen molar-refractivity contribution in [3.8, 4) is 0 Å². The topological polar surface area (TPSA) is 30.2 Å². The summed E-state index contributed by atoms with van der Waals surface area (Å²) in [7, 11) is 0. The van der Waals surface area contributed by atoms with Crippen LogP contribution >= 0.6 is 0 Å². The van der Waals surface area contributed by atoms with E-state index in [4.69, 9.17) is 4.42 Å². The van der Waals surface area contributed by atoms with E-state index in [-0.39, 0.29) is 22.5 Å². The predicted octanol–water partition coefficient (Wildman–Crippen LogP) is 3.94. The first-order valence-corrected chi connectivity index (χ1v) is 5.22. The van der Waals surface area contributed by atoms with Gasteiger partial charge >= 0.3 is 0 Å². The lowest BCUT2D eigenvalue weighted by Gasteiger charge is -2.13. The van der Waals surface area contributed by atoms with Crippen LogP contribution in [-0.4, -0.2) is 5.78 Å². The highest BCUT2D eigenvalue weighted by molar-refractivity contribution is 6.00. The normalized spacial score (nSPS) is 12.1. The number of ketones is 1. The molecule has 0 saturated heterocycles. The van der Waals surface area contributed by atoms with E-state index in [2.05, 4.69) is 0 Å². The Morgan fingerprint density at radius 2 is 1.82 bits per heavy atom. The van der Waals surface area contributed by atoms with Crippen LogP contribution in [0.5, 0.6) is 0 Å². The molecule has 2 nitrogen and oxygen atoms in total. The summed E-state index contributed by atoms with van der Waals surface area (Å²) in [5, 5.41) is 0.124. The summed E-state index contributed by atoms with van der Waals surface area (Å²) in [5.74, 6) is -1.64. The van der Waals surface area contributed by atoms with E-state index in [0.717, 1.165) is 12.1 Å². The highest BCUT2D eigenvalue weighted by Gasteiger charge is 2.26. The molecular weight excluding hydrogens is 226 g/mol. The maximum absolute atomic E-state index is 13.4. The number of benzene rings is 1. The quantitative estimate of drug-likeness (QED) is 0.704. The maximum atomic E-state index is 13.4. The second kappa shape index (κ2) is 3.65. The SMILES string of the molecule is CC(C)(C)C(=O)c1cc2c(F)cc(F)cc2o1. The van der Waals surface area contributed by atoms with E-state index in [0.29, 0.717) is 0 Å². The standard InChI is InChI=1S/C13H12F2O2/c1-13(2,3)12(16)11-6-8-9(15)4-7(14)5-10(8)17-11/h4-6H,1-3H3. The molecule has 0 unspecified atom stereocenters. The monoisotopic (exact) mass is 238 g/mol. The number of halogens is 2. The Labute approximate surface area is 97.2 Å². The summed E-state index contributed by atoms with van der Waals surface area (Å²) in [6.45, 7) is 5.21. The van der Waals surface area contributed by atoms with Crippen molar-refractivity contribution < 1.29 is 18.0 Å². The summed E-state index contributed by atoms with van der Waals surface area (Å²) in [5.41, 5.74) is -0.571. The van der Waals surface area contributed by atoms with Crippen molar-refractivity contribution in [2.45, 2.75) is 20.8 Å². The van der Waals surface area contributed by atoms with Gasteiger partial charge in [0, 0.05) is 17.5 Å². The number of carbonyl (C=O) groups excluding carboxylic acids is 1. The van der Waals surface area contributed by atoms with Gasteiger partial charge in [-0.2, -0.15) is 0 Å². The molecule has 17 heavy (non-hydrogen) atoms. The number of hydrogen-bond acceptors (Lipinski definition) is 2. The third-order valence-corrected chi connectivity index (χ3v) is 2.46. The van der Waals surface area contributed by atoms with Gasteiger partial charge in [0.05, 0.1) is 5.39 Å². The number of furan rings is 1. The zero-order valence-electron chi connectivity index (χ0n) is 9.80. The molecule has 0 atom stereocenters. The lowest BCUT2D eigenvalue weighted by Crippen LogP contribution is -2.19. The summed E-state index contributed by atoms with van der Waals surface area (Å²) in [4.78, 5) is 11.9. The average molecular weight is 238 g/mol. The Hall–Kier alpha value is -1.71. The van der Waals surface area contributed by atoms with Crippen molar-refractivity contribution in [2.24, 2.45) is 5.41 Å². The van der Waals surface area contributed by atoms with Crippen LogP contribution in [0.3, 0.4) is 0 Å². The minimum atomic E-state index is -0.725. The third kappa shape index (κ3) is 2.07. The molecule has 2 aromatic rings. The molecule has 90 valence electrons. The van der Waals surface area contributed by atoms with Crippen LogP contribution in [0.25, 0.3) is 11.0 Å². The van der Waals surface area contributed by atoms with Gasteiger partial charge in [-0.05, 0) is 6.07 Å². The minimum Gasteiger partial charge on any atom is -0.453 e. The molecule has 0 spiro atoms. The van der Waals surface area contributed by atoms with Crippen LogP contribution in [0.1, 0.15) is 31.3 Å². The van der Waals surface area contributed by atoms with Gasteiger partial charge in [0.2, 0.25) is 5.78 Å². The van der Waals surface area contributed by atoms with Crippen LogP contribution in [0, 0.1) is 17.0 Å². The fraction of sp³-hybridized carbons (Fsp3) is 0.308. The van der Waals surface area contributed by atoms with Gasteiger partial charge in [-0.1, -0.05) is 20.8 Å². The minimum absolute atomic E-state index is 0.0510. The first-order valence-electron chi connectivity index (χ1n) is 5.22. The molecule has 0 aliphatic heterocycles. The summed E-state index contributed by atoms with van der Waals surface area (Å²) >= 11 is 0. The first kappa shape index (κ1) is 11.8. The zero-order chi connectivity index (χ0) is 12.8. The second-order valence-corrected chi connectivity index (χ2v) is 4.99. The van der Waals surface area contributed by atoms with E-state index in [1.165, 1.54) is 6.07 Å². The Morgan fingerprint density at radius 3 is 2.41 bits per heavy atom. The van der Waals surface area contributed by atoms with Crippen molar-refractivity contribution in [1.82, 2.24) is 0 Å². The summed E-state index contributed by atoms with van der Waals surface area (Å²) in [6.07, 6.45) is 0. The molecule has 1 aromatic heterocycles. The van der Waals surface area contributed by atoms with Gasteiger partial charge < -0.3 is 4.42 Å². The van der Waals surface area contributed by atoms with Crippen LogP contribution in [0.2, 0.25) is 0 Å². The van der Waals surface area contributed by atoms with E-state index in [1.807, 2.05) is 0 Å². The Morgan fingerprint density at radius 1 is 1.18 bits per heavy atom. The molecule has 4 heteroatoms. The summed E-state index contributed by atoms with van der Waals surface area (Å²) < 4.78 is 31.6. The lowest BCUT2D eigenvalue weighted by atomic mass is 9.89. The Bertz CT molecular complexity index is 591. The molecule has 0 amide bonds. The molecule has 2 rings (SSSR count). The van der Waals surface area contributed by atoms with Crippen LogP contribution in [-0.2, 0) is 0 Å². The van der Waals surface area contributed by atoms with Gasteiger partial charge in [0.15, 0.2) is 5.76 Å². The average Bonchev–Trinajstić information content (AvgIpc) is 2.58. The van der Waals surface area contributed by atoms with Crippen LogP contribution in [0.15, 0.2) is 22.6 Å². The number of fused-ring (bicyclic) bond motifs is 1. The number of carbonyl (C=O) groups is 1. The molecule has 0 bridgehead atoms. The van der Waals surface area contributed by atoms with Crippen molar-refractivity contribution in [3.05, 3.63) is 35.6 Å². The molecule has 0 saturated carbocycles. The first-order chi connectivity index (χ1) is 7.79. The summed E-state index contributed by atoms with van der Waals surface area (Å²) in [6, 6.07) is 3.15. The molecule has 0 aliphatic carbocycles. The predicted molar refractivity (Wildman–Crippen MR) is 59.9 cm³/mol. The van der Waals surface area contributed by atoms with E-state index >= 15 is 0 Å². The van der Waals surface area contributed by atoms with Gasteiger partial charge in [0.25, 0.3) is 0 Å². The molecule has 0 aliphatic rings. The smallest absolute Gasteiger partial charge is 0.203 e. The van der Waals surface area contributed by atoms with Crippen molar-refractivity contribution in [1.29, 1.82) is 0 Å². The molecule has 1 heterocycles. The Kier molecular flexibility index (Phi) is 2.53. The number of Topliss-reactive ketones (excluding diaryl/α,β-unsaturated/α-hetero) is 1. The van der Waals surface area contributed by atoms with Crippen molar-refractivity contribution in [2.75, 3.05) is 0 Å². The molecule has 0 fully saturated rings. The Balaban J connectivity index is 2.60. The number of rotatable bonds is 1. The van der Waals surface area contributed by atoms with Gasteiger partial charge in [-0.3, -0.25) is 4.79 Å². The van der Waals surface area contributed by atoms with Crippen LogP contribution < -0.4 is 0 Å². The van der Waals surface area contributed by atoms with Crippen molar-refractivity contribution in [3.63, 3.8) is 0 Å². The maximum Gasteiger partial charge on any atom is 0.203 e.